The number of benzene rings is 1. The van der Waals surface area contributed by atoms with Crippen LogP contribution in [0.3, 0.4) is 0 Å². The van der Waals surface area contributed by atoms with Gasteiger partial charge in [-0.1, -0.05) is 36.8 Å². The fourth-order valence-corrected chi connectivity index (χ4v) is 5.43. The molecule has 3 unspecified atom stereocenters. The lowest BCUT2D eigenvalue weighted by atomic mass is 9.80. The Hall–Kier alpha value is -2.04. The minimum atomic E-state index is -1.26. The van der Waals surface area contributed by atoms with Crippen molar-refractivity contribution in [2.45, 2.75) is 64.5 Å². The number of rotatable bonds is 5. The van der Waals surface area contributed by atoms with Gasteiger partial charge in [-0.15, -0.1) is 0 Å². The lowest BCUT2D eigenvalue weighted by molar-refractivity contribution is 0.297. The van der Waals surface area contributed by atoms with Crippen molar-refractivity contribution < 1.29 is 8.78 Å². The van der Waals surface area contributed by atoms with Crippen LogP contribution in [0.15, 0.2) is 47.8 Å². The van der Waals surface area contributed by atoms with E-state index in [0.29, 0.717) is 24.5 Å². The Morgan fingerprint density at radius 2 is 2.09 bits per heavy atom. The second-order valence-electron chi connectivity index (χ2n) is 9.58. The Balaban J connectivity index is 1.89. The van der Waals surface area contributed by atoms with Crippen LogP contribution in [0.5, 0.6) is 0 Å². The maximum Gasteiger partial charge on any atom is 0.129 e. The van der Waals surface area contributed by atoms with E-state index in [1.165, 1.54) is 28.3 Å². The normalized spacial score (nSPS) is 26.6. The number of halogens is 2. The molecule has 0 amide bonds. The van der Waals surface area contributed by atoms with E-state index in [4.69, 9.17) is 5.73 Å². The Morgan fingerprint density at radius 1 is 1.25 bits per heavy atom. The van der Waals surface area contributed by atoms with Gasteiger partial charge in [-0.3, -0.25) is 0 Å². The monoisotopic (exact) mass is 438 g/mol. The van der Waals surface area contributed by atoms with Crippen LogP contribution in [-0.4, -0.2) is 25.8 Å². The number of nitrogens with two attached hydrogens (primary N) is 1. The van der Waals surface area contributed by atoms with Crippen LogP contribution in [0.25, 0.3) is 11.1 Å². The molecule has 1 aromatic carbocycles. The molecule has 0 radical (unpaired) electrons. The van der Waals surface area contributed by atoms with Crippen LogP contribution in [0.2, 0.25) is 0 Å². The van der Waals surface area contributed by atoms with Gasteiger partial charge in [0.15, 0.2) is 0 Å². The van der Waals surface area contributed by atoms with Gasteiger partial charge in [-0.05, 0) is 110 Å². The van der Waals surface area contributed by atoms with Gasteiger partial charge in [0.2, 0.25) is 0 Å². The van der Waals surface area contributed by atoms with Gasteiger partial charge in [0.1, 0.15) is 12.0 Å². The molecule has 0 aromatic heterocycles. The smallest absolute Gasteiger partial charge is 0.129 e. The summed E-state index contributed by atoms with van der Waals surface area (Å²) >= 11 is 0. The van der Waals surface area contributed by atoms with Crippen LogP contribution < -0.4 is 11.1 Å². The molecule has 0 bridgehead atoms. The fraction of sp³-hybridized carbons (Fsp3) is 0.500. The summed E-state index contributed by atoms with van der Waals surface area (Å²) in [5.41, 5.74) is 13.5. The Bertz CT molecular complexity index is 964. The van der Waals surface area contributed by atoms with Crippen molar-refractivity contribution in [3.8, 4) is 0 Å². The quantitative estimate of drug-likeness (QED) is 0.548. The standard InChI is InChI=1S/C28H36F2N2/c1-18-9-10-24(27(30)16-26(18)29)25-15-22(23-8-4-3-6-20(23)11-12-31)14-19(2)28(25)21-7-5-13-32-17-21/h4,8,10,14-16,18,21,26,32H,3,5-7,9,11-13,17,31H2,1-2H3. The summed E-state index contributed by atoms with van der Waals surface area (Å²) in [4.78, 5) is 0. The van der Waals surface area contributed by atoms with E-state index in [1.807, 2.05) is 13.0 Å². The van der Waals surface area contributed by atoms with Crippen molar-refractivity contribution in [3.63, 3.8) is 0 Å². The highest BCUT2D eigenvalue weighted by Crippen LogP contribution is 2.41. The zero-order valence-electron chi connectivity index (χ0n) is 19.4. The molecule has 1 fully saturated rings. The molecule has 172 valence electrons. The molecule has 3 atom stereocenters. The van der Waals surface area contributed by atoms with Gasteiger partial charge in [0.05, 0.1) is 0 Å². The Kier molecular flexibility index (Phi) is 7.42. The maximum atomic E-state index is 15.4. The summed E-state index contributed by atoms with van der Waals surface area (Å²) in [5.74, 6) is -0.316. The number of hydrogen-bond donors (Lipinski definition) is 2. The first kappa shape index (κ1) is 23.1. The third-order valence-corrected chi connectivity index (χ3v) is 7.22. The molecule has 1 heterocycles. The largest absolute Gasteiger partial charge is 0.330 e. The highest BCUT2D eigenvalue weighted by molar-refractivity contribution is 5.85. The molecule has 0 spiro atoms. The second-order valence-corrected chi connectivity index (χ2v) is 9.58. The third-order valence-electron chi connectivity index (χ3n) is 7.22. The number of aryl methyl sites for hydroxylation is 1. The number of alkyl halides is 1. The molecule has 4 rings (SSSR count). The number of hydrogen-bond acceptors (Lipinski definition) is 2. The summed E-state index contributed by atoms with van der Waals surface area (Å²) in [7, 11) is 0. The zero-order chi connectivity index (χ0) is 22.7. The van der Waals surface area contributed by atoms with Gasteiger partial charge in [-0.25, -0.2) is 8.78 Å². The number of allylic oxidation sites excluding steroid dienone is 7. The first-order chi connectivity index (χ1) is 15.5. The molecule has 3 N–H and O–H groups in total. The van der Waals surface area contributed by atoms with Crippen LogP contribution in [0.4, 0.5) is 8.78 Å². The van der Waals surface area contributed by atoms with Crippen molar-refractivity contribution in [1.29, 1.82) is 0 Å². The minimum absolute atomic E-state index is 0.220. The average molecular weight is 439 g/mol. The van der Waals surface area contributed by atoms with Gasteiger partial charge in [0, 0.05) is 12.1 Å². The number of piperidine rings is 1. The summed E-state index contributed by atoms with van der Waals surface area (Å²) in [6.07, 6.45) is 11.9. The molecular formula is C28H36F2N2. The lowest BCUT2D eigenvalue weighted by Gasteiger charge is -2.29. The third kappa shape index (κ3) is 4.82. The van der Waals surface area contributed by atoms with E-state index >= 15 is 4.39 Å². The van der Waals surface area contributed by atoms with Gasteiger partial charge < -0.3 is 11.1 Å². The topological polar surface area (TPSA) is 38.0 Å². The van der Waals surface area contributed by atoms with Crippen LogP contribution in [0.1, 0.15) is 73.6 Å². The van der Waals surface area contributed by atoms with E-state index in [0.717, 1.165) is 56.3 Å². The van der Waals surface area contributed by atoms with Crippen LogP contribution >= 0.6 is 0 Å². The molecular weight excluding hydrogens is 402 g/mol. The SMILES string of the molecule is Cc1cc(C2=C(CCN)CCC=C2)cc(C2=CCC(C)C(F)C=C2F)c1C1CCCNC1. The molecule has 2 nitrogen and oxygen atoms in total. The van der Waals surface area contributed by atoms with Gasteiger partial charge in [0.25, 0.3) is 0 Å². The van der Waals surface area contributed by atoms with Crippen LogP contribution in [0, 0.1) is 12.8 Å². The zero-order valence-corrected chi connectivity index (χ0v) is 19.4. The van der Waals surface area contributed by atoms with E-state index in [-0.39, 0.29) is 5.92 Å². The van der Waals surface area contributed by atoms with E-state index in [2.05, 4.69) is 36.5 Å². The summed E-state index contributed by atoms with van der Waals surface area (Å²) in [6.45, 7) is 6.54. The van der Waals surface area contributed by atoms with Gasteiger partial charge in [-0.2, -0.15) is 0 Å². The Morgan fingerprint density at radius 3 is 2.84 bits per heavy atom. The number of nitrogens with one attached hydrogen (secondary N) is 1. The van der Waals surface area contributed by atoms with Crippen molar-refractivity contribution in [2.75, 3.05) is 19.6 Å². The first-order valence-corrected chi connectivity index (χ1v) is 12.2. The molecule has 1 saturated heterocycles. The molecule has 4 heteroatoms. The first-order valence-electron chi connectivity index (χ1n) is 12.2. The van der Waals surface area contributed by atoms with Crippen molar-refractivity contribution in [1.82, 2.24) is 5.32 Å². The summed E-state index contributed by atoms with van der Waals surface area (Å²) in [6, 6.07) is 4.41. The molecule has 0 saturated carbocycles. The fourth-order valence-electron chi connectivity index (χ4n) is 5.43. The van der Waals surface area contributed by atoms with Crippen molar-refractivity contribution >= 4 is 11.1 Å². The highest BCUT2D eigenvalue weighted by atomic mass is 19.1. The predicted molar refractivity (Wildman–Crippen MR) is 131 cm³/mol. The lowest BCUT2D eigenvalue weighted by Crippen LogP contribution is -2.29. The van der Waals surface area contributed by atoms with Crippen molar-refractivity contribution in [3.05, 3.63) is 70.1 Å². The van der Waals surface area contributed by atoms with E-state index in [1.54, 1.807) is 0 Å². The van der Waals surface area contributed by atoms with Gasteiger partial charge >= 0.3 is 0 Å². The van der Waals surface area contributed by atoms with E-state index in [9.17, 15) is 4.39 Å². The van der Waals surface area contributed by atoms with E-state index < -0.39 is 12.0 Å². The molecule has 1 aliphatic heterocycles. The average Bonchev–Trinajstić information content (AvgIpc) is 2.92. The molecule has 2 aliphatic carbocycles. The Labute approximate surface area is 191 Å². The van der Waals surface area contributed by atoms with Crippen molar-refractivity contribution in [2.24, 2.45) is 11.7 Å². The molecule has 3 aliphatic rings. The predicted octanol–water partition coefficient (Wildman–Crippen LogP) is 6.53. The molecule has 32 heavy (non-hydrogen) atoms. The highest BCUT2D eigenvalue weighted by Gasteiger charge is 2.27. The maximum absolute atomic E-state index is 15.4. The second kappa shape index (κ2) is 10.3. The minimum Gasteiger partial charge on any atom is -0.330 e. The molecule has 1 aromatic rings. The summed E-state index contributed by atoms with van der Waals surface area (Å²) < 4.78 is 29.8. The van der Waals surface area contributed by atoms with Crippen LogP contribution in [-0.2, 0) is 0 Å². The summed E-state index contributed by atoms with van der Waals surface area (Å²) in [5, 5.41) is 3.51.